The van der Waals surface area contributed by atoms with Crippen molar-refractivity contribution >= 4 is 5.91 Å². The number of rotatable bonds is 4. The minimum Gasteiger partial charge on any atom is -0.334 e. The molecule has 4 rings (SSSR count). The summed E-state index contributed by atoms with van der Waals surface area (Å²) in [6.45, 7) is 0.719. The Balaban J connectivity index is 1.63. The average molecular weight is 378 g/mol. The van der Waals surface area contributed by atoms with Crippen LogP contribution in [0.5, 0.6) is 0 Å². The molecule has 1 saturated heterocycles. The van der Waals surface area contributed by atoms with Crippen LogP contribution in [0.2, 0.25) is 0 Å². The first-order valence-corrected chi connectivity index (χ1v) is 9.59. The Labute approximate surface area is 163 Å². The predicted octanol–water partition coefficient (Wildman–Crippen LogP) is 3.92. The van der Waals surface area contributed by atoms with Crippen molar-refractivity contribution in [2.45, 2.75) is 31.7 Å². The van der Waals surface area contributed by atoms with Crippen molar-refractivity contribution in [3.63, 3.8) is 0 Å². The Bertz CT molecular complexity index is 952. The van der Waals surface area contributed by atoms with Crippen LogP contribution in [0.3, 0.4) is 0 Å². The molecule has 1 amide bonds. The molecule has 6 heteroatoms. The Hall–Kier alpha value is -3.02. The van der Waals surface area contributed by atoms with E-state index >= 15 is 0 Å². The molecule has 1 aliphatic heterocycles. The van der Waals surface area contributed by atoms with Gasteiger partial charge in [0.15, 0.2) is 0 Å². The number of nitrogens with zero attached hydrogens (tertiary/aromatic N) is 4. The lowest BCUT2D eigenvalue weighted by Crippen LogP contribution is -2.39. The number of amides is 1. The predicted molar refractivity (Wildman–Crippen MR) is 105 cm³/mol. The number of aromatic nitrogens is 3. The Kier molecular flexibility index (Phi) is 5.19. The number of likely N-dealkylation sites (tertiary alicyclic amines) is 1. The van der Waals surface area contributed by atoms with E-state index in [0.717, 1.165) is 48.2 Å². The van der Waals surface area contributed by atoms with E-state index in [1.165, 1.54) is 12.1 Å². The van der Waals surface area contributed by atoms with Crippen LogP contribution in [0.1, 0.15) is 36.6 Å². The van der Waals surface area contributed by atoms with Crippen LogP contribution in [0, 0.1) is 5.82 Å². The van der Waals surface area contributed by atoms with Crippen molar-refractivity contribution in [2.24, 2.45) is 7.05 Å². The molecule has 1 aromatic carbocycles. The number of halogens is 1. The molecular weight excluding hydrogens is 355 g/mol. The van der Waals surface area contributed by atoms with E-state index in [0.29, 0.717) is 0 Å². The Morgan fingerprint density at radius 1 is 1.14 bits per heavy atom. The Morgan fingerprint density at radius 3 is 2.64 bits per heavy atom. The van der Waals surface area contributed by atoms with Gasteiger partial charge in [0.2, 0.25) is 5.91 Å². The molecule has 144 valence electrons. The largest absolute Gasteiger partial charge is 0.334 e. The molecule has 0 spiro atoms. The van der Waals surface area contributed by atoms with Gasteiger partial charge in [-0.15, -0.1) is 0 Å². The topological polar surface area (TPSA) is 51.0 Å². The first-order valence-electron chi connectivity index (χ1n) is 9.59. The van der Waals surface area contributed by atoms with Gasteiger partial charge < -0.3 is 4.90 Å². The monoisotopic (exact) mass is 378 g/mol. The molecule has 0 bridgehead atoms. The number of aryl methyl sites for hydroxylation is 1. The molecule has 3 heterocycles. The van der Waals surface area contributed by atoms with E-state index in [4.69, 9.17) is 5.10 Å². The normalized spacial score (nSPS) is 16.9. The molecule has 3 aromatic rings. The highest BCUT2D eigenvalue weighted by atomic mass is 19.1. The van der Waals surface area contributed by atoms with Crippen molar-refractivity contribution < 1.29 is 9.18 Å². The van der Waals surface area contributed by atoms with Crippen molar-refractivity contribution in [1.82, 2.24) is 19.7 Å². The summed E-state index contributed by atoms with van der Waals surface area (Å²) in [6, 6.07) is 10.0. The van der Waals surface area contributed by atoms with Crippen LogP contribution < -0.4 is 0 Å². The number of carbonyl (C=O) groups is 1. The van der Waals surface area contributed by atoms with Gasteiger partial charge in [0, 0.05) is 37.7 Å². The fourth-order valence-electron chi connectivity index (χ4n) is 3.90. The zero-order chi connectivity index (χ0) is 19.5. The summed E-state index contributed by atoms with van der Waals surface area (Å²) in [6.07, 6.45) is 8.76. The van der Waals surface area contributed by atoms with E-state index in [-0.39, 0.29) is 24.2 Å². The summed E-state index contributed by atoms with van der Waals surface area (Å²) in [7, 11) is 1.90. The van der Waals surface area contributed by atoms with Crippen LogP contribution in [-0.2, 0) is 18.3 Å². The summed E-state index contributed by atoms with van der Waals surface area (Å²) in [5, 5.41) is 4.71. The zero-order valence-corrected chi connectivity index (χ0v) is 15.9. The summed E-state index contributed by atoms with van der Waals surface area (Å²) in [5.41, 5.74) is 3.85. The van der Waals surface area contributed by atoms with Gasteiger partial charge in [0.05, 0.1) is 18.2 Å². The van der Waals surface area contributed by atoms with Gasteiger partial charge in [-0.05, 0) is 54.7 Å². The Morgan fingerprint density at radius 2 is 1.89 bits per heavy atom. The van der Waals surface area contributed by atoms with Gasteiger partial charge >= 0.3 is 0 Å². The summed E-state index contributed by atoms with van der Waals surface area (Å²) in [4.78, 5) is 19.1. The minimum absolute atomic E-state index is 0.0499. The lowest BCUT2D eigenvalue weighted by Gasteiger charge is -2.35. The summed E-state index contributed by atoms with van der Waals surface area (Å²) < 4.78 is 15.0. The quantitative estimate of drug-likeness (QED) is 0.691. The van der Waals surface area contributed by atoms with Crippen molar-refractivity contribution in [2.75, 3.05) is 6.54 Å². The highest BCUT2D eigenvalue weighted by molar-refractivity contribution is 5.80. The highest BCUT2D eigenvalue weighted by Gasteiger charge is 2.31. The first-order chi connectivity index (χ1) is 13.6. The number of carbonyl (C=O) groups excluding carboxylic acids is 1. The number of piperidine rings is 1. The zero-order valence-electron chi connectivity index (χ0n) is 15.9. The van der Waals surface area contributed by atoms with E-state index in [1.807, 2.05) is 35.0 Å². The maximum Gasteiger partial charge on any atom is 0.227 e. The molecule has 0 saturated carbocycles. The number of hydrogen-bond acceptors (Lipinski definition) is 3. The second-order valence-electron chi connectivity index (χ2n) is 7.24. The lowest BCUT2D eigenvalue weighted by atomic mass is 9.94. The van der Waals surface area contributed by atoms with E-state index in [1.54, 1.807) is 24.5 Å². The van der Waals surface area contributed by atoms with Crippen LogP contribution in [-0.4, -0.2) is 32.1 Å². The SMILES string of the molecule is Cn1cc(-c2ccncc2)c(C2CCCCN2C(=O)Cc2ccc(F)cc2)n1. The molecule has 1 unspecified atom stereocenters. The average Bonchev–Trinajstić information content (AvgIpc) is 3.12. The van der Waals surface area contributed by atoms with E-state index in [2.05, 4.69) is 4.98 Å². The molecule has 2 aromatic heterocycles. The van der Waals surface area contributed by atoms with Crippen LogP contribution >= 0.6 is 0 Å². The summed E-state index contributed by atoms with van der Waals surface area (Å²) in [5.74, 6) is -0.231. The van der Waals surface area contributed by atoms with Crippen molar-refractivity contribution in [3.05, 3.63) is 72.1 Å². The molecule has 0 aliphatic carbocycles. The third-order valence-corrected chi connectivity index (χ3v) is 5.26. The van der Waals surface area contributed by atoms with Crippen LogP contribution in [0.25, 0.3) is 11.1 Å². The van der Waals surface area contributed by atoms with Gasteiger partial charge in [-0.3, -0.25) is 14.5 Å². The van der Waals surface area contributed by atoms with Gasteiger partial charge in [0.25, 0.3) is 0 Å². The van der Waals surface area contributed by atoms with Gasteiger partial charge in [-0.2, -0.15) is 5.10 Å². The fraction of sp³-hybridized carbons (Fsp3) is 0.318. The maximum absolute atomic E-state index is 13.2. The first kappa shape index (κ1) is 18.3. The summed E-state index contributed by atoms with van der Waals surface area (Å²) >= 11 is 0. The van der Waals surface area contributed by atoms with Gasteiger partial charge in [0.1, 0.15) is 5.82 Å². The van der Waals surface area contributed by atoms with Gasteiger partial charge in [-0.1, -0.05) is 12.1 Å². The van der Waals surface area contributed by atoms with Crippen molar-refractivity contribution in [1.29, 1.82) is 0 Å². The second-order valence-corrected chi connectivity index (χ2v) is 7.24. The molecule has 5 nitrogen and oxygen atoms in total. The molecule has 1 aliphatic rings. The molecule has 1 atom stereocenters. The lowest BCUT2D eigenvalue weighted by molar-refractivity contribution is -0.134. The smallest absolute Gasteiger partial charge is 0.227 e. The molecule has 28 heavy (non-hydrogen) atoms. The van der Waals surface area contributed by atoms with E-state index in [9.17, 15) is 9.18 Å². The molecule has 0 radical (unpaired) electrons. The maximum atomic E-state index is 13.2. The van der Waals surface area contributed by atoms with Crippen LogP contribution in [0.4, 0.5) is 4.39 Å². The standard InChI is InChI=1S/C22H23FN4O/c1-26-15-19(17-9-11-24-12-10-17)22(25-26)20-4-2-3-13-27(20)21(28)14-16-5-7-18(23)8-6-16/h5-12,15,20H,2-4,13-14H2,1H3. The third-order valence-electron chi connectivity index (χ3n) is 5.26. The van der Waals surface area contributed by atoms with Crippen LogP contribution in [0.15, 0.2) is 55.0 Å². The fourth-order valence-corrected chi connectivity index (χ4v) is 3.90. The third kappa shape index (κ3) is 3.81. The number of pyridine rings is 1. The number of benzene rings is 1. The molecule has 1 fully saturated rings. The molecular formula is C22H23FN4O. The minimum atomic E-state index is -0.289. The number of hydrogen-bond donors (Lipinski definition) is 0. The van der Waals surface area contributed by atoms with Crippen molar-refractivity contribution in [3.8, 4) is 11.1 Å². The van der Waals surface area contributed by atoms with Gasteiger partial charge in [-0.25, -0.2) is 4.39 Å². The molecule has 0 N–H and O–H groups in total. The van der Waals surface area contributed by atoms with E-state index < -0.39 is 0 Å². The highest BCUT2D eigenvalue weighted by Crippen LogP contribution is 2.36. The second kappa shape index (κ2) is 7.92.